The molecule has 0 aromatic rings. The maximum Gasteiger partial charge on any atom is 0.232 e. The Morgan fingerprint density at radius 2 is 2.06 bits per heavy atom. The molecule has 0 saturated heterocycles. The molecule has 1 atom stereocenters. The van der Waals surface area contributed by atoms with Crippen LogP contribution >= 0.6 is 12.2 Å². The number of carbonyl (C=O) groups excluding carboxylic acids is 1. The number of rotatable bonds is 10. The molecule has 0 rings (SSSR count). The number of hydrogen-bond donors (Lipinski definition) is 2. The lowest BCUT2D eigenvalue weighted by molar-refractivity contribution is -0.127. The molecule has 0 aliphatic rings. The standard InChI is InChI=1S/C12H24N2O3S/c1-4-12(2,10(13)18)11(15)14-6-5-7-17-9-8-16-3/h4-9H2,1-3H3,(H2,13,18)(H,14,15). The summed E-state index contributed by atoms with van der Waals surface area (Å²) in [5, 5.41) is 2.83. The van der Waals surface area contributed by atoms with Crippen molar-refractivity contribution in [3.05, 3.63) is 0 Å². The molecular formula is C12H24N2O3S. The summed E-state index contributed by atoms with van der Waals surface area (Å²) in [5.41, 5.74) is 4.84. The summed E-state index contributed by atoms with van der Waals surface area (Å²) in [6, 6.07) is 0. The number of hydrogen-bond acceptors (Lipinski definition) is 4. The van der Waals surface area contributed by atoms with Crippen LogP contribution in [0.2, 0.25) is 0 Å². The largest absolute Gasteiger partial charge is 0.392 e. The summed E-state index contributed by atoms with van der Waals surface area (Å²) in [6.45, 7) is 5.97. The SMILES string of the molecule is CCC(C)(C(=O)NCCCOCCOC)C(N)=S. The monoisotopic (exact) mass is 276 g/mol. The van der Waals surface area contributed by atoms with Crippen molar-refractivity contribution in [2.75, 3.05) is 33.5 Å². The average Bonchev–Trinajstić information content (AvgIpc) is 2.36. The zero-order valence-corrected chi connectivity index (χ0v) is 12.3. The summed E-state index contributed by atoms with van der Waals surface area (Å²) in [4.78, 5) is 12.2. The van der Waals surface area contributed by atoms with Crippen LogP contribution in [0.25, 0.3) is 0 Å². The van der Waals surface area contributed by atoms with Crippen LogP contribution in [0, 0.1) is 5.41 Å². The van der Waals surface area contributed by atoms with Gasteiger partial charge in [0.1, 0.15) is 0 Å². The first kappa shape index (κ1) is 17.3. The molecule has 1 amide bonds. The highest BCUT2D eigenvalue weighted by Crippen LogP contribution is 2.21. The van der Waals surface area contributed by atoms with E-state index < -0.39 is 5.41 Å². The van der Waals surface area contributed by atoms with Gasteiger partial charge in [-0.25, -0.2) is 0 Å². The van der Waals surface area contributed by atoms with Crippen LogP contribution in [0.5, 0.6) is 0 Å². The average molecular weight is 276 g/mol. The first-order chi connectivity index (χ1) is 8.49. The molecule has 0 radical (unpaired) electrons. The summed E-state index contributed by atoms with van der Waals surface area (Å²) in [5.74, 6) is -0.116. The Hall–Kier alpha value is -0.720. The lowest BCUT2D eigenvalue weighted by Crippen LogP contribution is -2.46. The van der Waals surface area contributed by atoms with Crippen LogP contribution in [0.4, 0.5) is 0 Å². The maximum absolute atomic E-state index is 11.9. The molecule has 1 unspecified atom stereocenters. The van der Waals surface area contributed by atoms with Gasteiger partial charge in [0, 0.05) is 20.3 Å². The molecule has 0 aromatic heterocycles. The lowest BCUT2D eigenvalue weighted by Gasteiger charge is -2.25. The molecule has 0 bridgehead atoms. The fraction of sp³-hybridized carbons (Fsp3) is 0.833. The molecule has 106 valence electrons. The number of amides is 1. The topological polar surface area (TPSA) is 73.6 Å². The van der Waals surface area contributed by atoms with Crippen LogP contribution in [-0.4, -0.2) is 44.4 Å². The van der Waals surface area contributed by atoms with Gasteiger partial charge in [-0.1, -0.05) is 19.1 Å². The van der Waals surface area contributed by atoms with E-state index in [4.69, 9.17) is 27.4 Å². The molecule has 0 spiro atoms. The van der Waals surface area contributed by atoms with Crippen molar-refractivity contribution >= 4 is 23.1 Å². The summed E-state index contributed by atoms with van der Waals surface area (Å²) in [7, 11) is 1.63. The van der Waals surface area contributed by atoms with Gasteiger partial charge in [-0.05, 0) is 19.8 Å². The quantitative estimate of drug-likeness (QED) is 0.457. The second kappa shape index (κ2) is 9.24. The lowest BCUT2D eigenvalue weighted by atomic mass is 9.86. The minimum atomic E-state index is -0.758. The van der Waals surface area contributed by atoms with Gasteiger partial charge in [0.2, 0.25) is 5.91 Å². The molecule has 0 aliphatic heterocycles. The van der Waals surface area contributed by atoms with Gasteiger partial charge >= 0.3 is 0 Å². The second-order valence-electron chi connectivity index (χ2n) is 4.26. The molecule has 0 heterocycles. The van der Waals surface area contributed by atoms with Gasteiger partial charge in [-0.3, -0.25) is 4.79 Å². The van der Waals surface area contributed by atoms with Crippen molar-refractivity contribution in [2.24, 2.45) is 11.1 Å². The molecule has 6 heteroatoms. The van der Waals surface area contributed by atoms with E-state index in [9.17, 15) is 4.79 Å². The molecule has 18 heavy (non-hydrogen) atoms. The van der Waals surface area contributed by atoms with E-state index in [-0.39, 0.29) is 10.9 Å². The zero-order valence-electron chi connectivity index (χ0n) is 11.5. The van der Waals surface area contributed by atoms with E-state index in [0.717, 1.165) is 6.42 Å². The molecule has 0 aliphatic carbocycles. The summed E-state index contributed by atoms with van der Waals surface area (Å²) < 4.78 is 10.1. The van der Waals surface area contributed by atoms with Crippen molar-refractivity contribution < 1.29 is 14.3 Å². The molecule has 0 fully saturated rings. The van der Waals surface area contributed by atoms with Gasteiger partial charge in [0.25, 0.3) is 0 Å². The third kappa shape index (κ3) is 5.75. The first-order valence-corrected chi connectivity index (χ1v) is 6.54. The Balaban J connectivity index is 3.79. The Morgan fingerprint density at radius 3 is 2.56 bits per heavy atom. The summed E-state index contributed by atoms with van der Waals surface area (Å²) >= 11 is 4.93. The van der Waals surface area contributed by atoms with Crippen LogP contribution in [0.1, 0.15) is 26.7 Å². The number of thiocarbonyl (C=S) groups is 1. The number of methoxy groups -OCH3 is 1. The van der Waals surface area contributed by atoms with Crippen LogP contribution in [0.3, 0.4) is 0 Å². The van der Waals surface area contributed by atoms with Crippen LogP contribution in [-0.2, 0) is 14.3 Å². The number of nitrogens with two attached hydrogens (primary N) is 1. The minimum absolute atomic E-state index is 0.116. The first-order valence-electron chi connectivity index (χ1n) is 6.14. The normalized spacial score (nSPS) is 13.9. The van der Waals surface area contributed by atoms with Gasteiger partial charge < -0.3 is 20.5 Å². The van der Waals surface area contributed by atoms with Gasteiger partial charge in [0.15, 0.2) is 0 Å². The van der Waals surface area contributed by atoms with E-state index in [1.807, 2.05) is 6.92 Å². The smallest absolute Gasteiger partial charge is 0.232 e. The second-order valence-corrected chi connectivity index (χ2v) is 4.70. The van der Waals surface area contributed by atoms with Crippen LogP contribution < -0.4 is 11.1 Å². The maximum atomic E-state index is 11.9. The predicted molar refractivity (Wildman–Crippen MR) is 75.5 cm³/mol. The van der Waals surface area contributed by atoms with Crippen LogP contribution in [0.15, 0.2) is 0 Å². The highest BCUT2D eigenvalue weighted by molar-refractivity contribution is 7.80. The third-order valence-electron chi connectivity index (χ3n) is 2.93. The van der Waals surface area contributed by atoms with E-state index >= 15 is 0 Å². The van der Waals surface area contributed by atoms with Crippen molar-refractivity contribution in [1.29, 1.82) is 0 Å². The molecular weight excluding hydrogens is 252 g/mol. The Kier molecular flexibility index (Phi) is 8.87. The van der Waals surface area contributed by atoms with Crippen molar-refractivity contribution in [1.82, 2.24) is 5.32 Å². The fourth-order valence-corrected chi connectivity index (χ4v) is 1.50. The van der Waals surface area contributed by atoms with E-state index in [0.29, 0.717) is 32.8 Å². The molecule has 3 N–H and O–H groups in total. The number of nitrogens with one attached hydrogen (secondary N) is 1. The third-order valence-corrected chi connectivity index (χ3v) is 3.39. The van der Waals surface area contributed by atoms with Gasteiger partial charge in [0.05, 0.1) is 23.6 Å². The fourth-order valence-electron chi connectivity index (χ4n) is 1.26. The Morgan fingerprint density at radius 1 is 1.39 bits per heavy atom. The van der Waals surface area contributed by atoms with E-state index in [1.54, 1.807) is 14.0 Å². The van der Waals surface area contributed by atoms with Crippen molar-refractivity contribution in [3.63, 3.8) is 0 Å². The Labute approximate surface area is 114 Å². The summed E-state index contributed by atoms with van der Waals surface area (Å²) in [6.07, 6.45) is 1.35. The van der Waals surface area contributed by atoms with Gasteiger partial charge in [-0.15, -0.1) is 0 Å². The predicted octanol–water partition coefficient (Wildman–Crippen LogP) is 0.858. The molecule has 0 saturated carbocycles. The number of ether oxygens (including phenoxy) is 2. The molecule has 0 aromatic carbocycles. The highest BCUT2D eigenvalue weighted by Gasteiger charge is 2.34. The van der Waals surface area contributed by atoms with Gasteiger partial charge in [-0.2, -0.15) is 0 Å². The van der Waals surface area contributed by atoms with E-state index in [2.05, 4.69) is 5.32 Å². The van der Waals surface area contributed by atoms with Crippen molar-refractivity contribution in [3.8, 4) is 0 Å². The van der Waals surface area contributed by atoms with E-state index in [1.165, 1.54) is 0 Å². The Bertz CT molecular complexity index is 274. The number of carbonyl (C=O) groups is 1. The molecule has 5 nitrogen and oxygen atoms in total. The zero-order chi connectivity index (χ0) is 14.0. The minimum Gasteiger partial charge on any atom is -0.392 e. The van der Waals surface area contributed by atoms with Crippen molar-refractivity contribution in [2.45, 2.75) is 26.7 Å². The highest BCUT2D eigenvalue weighted by atomic mass is 32.1.